The van der Waals surface area contributed by atoms with E-state index in [1.807, 2.05) is 73.9 Å². The Morgan fingerprint density at radius 3 is 2.35 bits per heavy atom. The molecule has 3 aromatic carbocycles. The highest BCUT2D eigenvalue weighted by Crippen LogP contribution is 2.27. The van der Waals surface area contributed by atoms with Gasteiger partial charge in [-0.25, -0.2) is 9.37 Å². The molecule has 0 saturated heterocycles. The molecule has 0 aliphatic carbocycles. The molecule has 1 heterocycles. The second kappa shape index (κ2) is 10.9. The minimum Gasteiger partial charge on any atom is -0.459 e. The van der Waals surface area contributed by atoms with Gasteiger partial charge in [0.25, 0.3) is 5.91 Å². The number of ether oxygens (including phenoxy) is 1. The number of amides is 1. The van der Waals surface area contributed by atoms with E-state index in [-0.39, 0.29) is 18.4 Å². The van der Waals surface area contributed by atoms with Crippen LogP contribution in [0.5, 0.6) is 0 Å². The van der Waals surface area contributed by atoms with Crippen LogP contribution in [0, 0.1) is 5.82 Å². The van der Waals surface area contributed by atoms with Crippen LogP contribution in [0.3, 0.4) is 0 Å². The summed E-state index contributed by atoms with van der Waals surface area (Å²) < 4.78 is 20.9. The molecule has 0 saturated carbocycles. The summed E-state index contributed by atoms with van der Waals surface area (Å²) in [5, 5.41) is 0. The van der Waals surface area contributed by atoms with Crippen LogP contribution in [0.1, 0.15) is 55.9 Å². The Kier molecular flexibility index (Phi) is 7.71. The second-order valence-electron chi connectivity index (χ2n) is 10.0. The van der Waals surface area contributed by atoms with Crippen molar-refractivity contribution in [2.45, 2.75) is 59.2 Å². The van der Waals surface area contributed by atoms with Gasteiger partial charge in [0, 0.05) is 17.7 Å². The van der Waals surface area contributed by atoms with E-state index < -0.39 is 11.4 Å². The lowest BCUT2D eigenvalue weighted by atomic mass is 10.1. The molecule has 0 fully saturated rings. The Hall–Kier alpha value is -4.00. The quantitative estimate of drug-likeness (QED) is 0.265. The Bertz CT molecular complexity index is 1390. The lowest BCUT2D eigenvalue weighted by molar-refractivity contribution is -0.155. The third-order valence-electron chi connectivity index (χ3n) is 5.82. The number of nitrogens with zero attached hydrogens (tertiary/aromatic N) is 3. The lowest BCUT2D eigenvalue weighted by Gasteiger charge is -2.23. The molecule has 6 nitrogen and oxygen atoms in total. The van der Waals surface area contributed by atoms with Crippen LogP contribution in [0.25, 0.3) is 11.0 Å². The highest BCUT2D eigenvalue weighted by atomic mass is 19.1. The van der Waals surface area contributed by atoms with Crippen molar-refractivity contribution in [1.82, 2.24) is 9.55 Å². The SMILES string of the molecule is CCCc1nc2cc(N(Cc3ccccc3)C(=O)c3ccc(F)cc3)ccc2n1CC(=O)OC(C)(C)C. The first-order valence-electron chi connectivity index (χ1n) is 12.5. The maximum absolute atomic E-state index is 13.6. The molecule has 0 aliphatic rings. The number of hydrogen-bond donors (Lipinski definition) is 0. The van der Waals surface area contributed by atoms with Gasteiger partial charge in [0.2, 0.25) is 0 Å². The summed E-state index contributed by atoms with van der Waals surface area (Å²) in [5.41, 5.74) is 2.92. The van der Waals surface area contributed by atoms with Crippen molar-refractivity contribution in [2.24, 2.45) is 0 Å². The first-order chi connectivity index (χ1) is 17.6. The standard InChI is InChI=1S/C30H32FN3O3/c1-5-9-27-32-25-18-24(16-17-26(25)34(27)20-28(35)37-30(2,3)4)33(19-21-10-7-6-8-11-21)29(36)22-12-14-23(31)15-13-22/h6-8,10-18H,5,9,19-20H2,1-4H3. The molecule has 0 unspecified atom stereocenters. The maximum atomic E-state index is 13.6. The van der Waals surface area contributed by atoms with Gasteiger partial charge in [-0.05, 0) is 75.2 Å². The van der Waals surface area contributed by atoms with E-state index in [4.69, 9.17) is 9.72 Å². The van der Waals surface area contributed by atoms with Gasteiger partial charge in [0.15, 0.2) is 0 Å². The molecule has 4 aromatic rings. The number of halogens is 1. The Labute approximate surface area is 216 Å². The molecule has 0 N–H and O–H groups in total. The number of rotatable bonds is 8. The van der Waals surface area contributed by atoms with Crippen molar-refractivity contribution in [3.8, 4) is 0 Å². The molecule has 37 heavy (non-hydrogen) atoms. The zero-order valence-corrected chi connectivity index (χ0v) is 21.7. The topological polar surface area (TPSA) is 64.4 Å². The van der Waals surface area contributed by atoms with Gasteiger partial charge in [0.1, 0.15) is 23.8 Å². The van der Waals surface area contributed by atoms with Gasteiger partial charge in [-0.1, -0.05) is 37.3 Å². The Morgan fingerprint density at radius 2 is 1.70 bits per heavy atom. The van der Waals surface area contributed by atoms with E-state index in [0.717, 1.165) is 23.3 Å². The molecule has 1 amide bonds. The van der Waals surface area contributed by atoms with Gasteiger partial charge in [0.05, 0.1) is 17.6 Å². The molecule has 0 radical (unpaired) electrons. The molecule has 0 aliphatic heterocycles. The second-order valence-corrected chi connectivity index (χ2v) is 10.0. The van der Waals surface area contributed by atoms with E-state index in [2.05, 4.69) is 6.92 Å². The predicted octanol–water partition coefficient (Wildman–Crippen LogP) is 6.32. The number of benzene rings is 3. The highest BCUT2D eigenvalue weighted by molar-refractivity contribution is 6.06. The molecule has 4 rings (SSSR count). The third-order valence-corrected chi connectivity index (χ3v) is 5.82. The Balaban J connectivity index is 1.74. The van der Waals surface area contributed by atoms with E-state index in [9.17, 15) is 14.0 Å². The molecule has 7 heteroatoms. The summed E-state index contributed by atoms with van der Waals surface area (Å²) >= 11 is 0. The van der Waals surface area contributed by atoms with Crippen molar-refractivity contribution in [3.63, 3.8) is 0 Å². The fourth-order valence-electron chi connectivity index (χ4n) is 4.22. The monoisotopic (exact) mass is 501 g/mol. The minimum absolute atomic E-state index is 0.0602. The summed E-state index contributed by atoms with van der Waals surface area (Å²) in [4.78, 5) is 32.7. The number of fused-ring (bicyclic) bond motifs is 1. The largest absolute Gasteiger partial charge is 0.459 e. The van der Waals surface area contributed by atoms with Crippen LogP contribution >= 0.6 is 0 Å². The highest BCUT2D eigenvalue weighted by Gasteiger charge is 2.22. The molecular weight excluding hydrogens is 469 g/mol. The zero-order valence-electron chi connectivity index (χ0n) is 21.7. The van der Waals surface area contributed by atoms with E-state index in [1.165, 1.54) is 24.3 Å². The van der Waals surface area contributed by atoms with Crippen molar-refractivity contribution >= 4 is 28.6 Å². The third kappa shape index (κ3) is 6.42. The number of imidazole rings is 1. The van der Waals surface area contributed by atoms with Crippen LogP contribution in [-0.2, 0) is 29.0 Å². The fourth-order valence-corrected chi connectivity index (χ4v) is 4.22. The molecule has 0 bridgehead atoms. The van der Waals surface area contributed by atoms with Crippen molar-refractivity contribution < 1.29 is 18.7 Å². The predicted molar refractivity (Wildman–Crippen MR) is 143 cm³/mol. The number of carbonyl (C=O) groups is 2. The van der Waals surface area contributed by atoms with Gasteiger partial charge in [-0.15, -0.1) is 0 Å². The summed E-state index contributed by atoms with van der Waals surface area (Å²) in [6.45, 7) is 7.99. The fraction of sp³-hybridized carbons (Fsp3) is 0.300. The Morgan fingerprint density at radius 1 is 1.00 bits per heavy atom. The first-order valence-corrected chi connectivity index (χ1v) is 12.5. The normalized spacial score (nSPS) is 11.5. The zero-order chi connectivity index (χ0) is 26.6. The molecular formula is C30H32FN3O3. The van der Waals surface area contributed by atoms with Crippen LogP contribution in [0.2, 0.25) is 0 Å². The smallest absolute Gasteiger partial charge is 0.326 e. The molecule has 1 aromatic heterocycles. The summed E-state index contributed by atoms with van der Waals surface area (Å²) in [7, 11) is 0. The summed E-state index contributed by atoms with van der Waals surface area (Å²) in [6, 6.07) is 20.8. The maximum Gasteiger partial charge on any atom is 0.326 e. The average Bonchev–Trinajstić information content (AvgIpc) is 3.18. The molecule has 0 spiro atoms. The number of carbonyl (C=O) groups excluding carboxylic acids is 2. The number of anilines is 1. The van der Waals surface area contributed by atoms with E-state index in [0.29, 0.717) is 29.7 Å². The van der Waals surface area contributed by atoms with Crippen molar-refractivity contribution in [2.75, 3.05) is 4.90 Å². The van der Waals surface area contributed by atoms with Gasteiger partial charge in [-0.2, -0.15) is 0 Å². The molecule has 0 atom stereocenters. The van der Waals surface area contributed by atoms with Crippen LogP contribution in [0.4, 0.5) is 10.1 Å². The first kappa shape index (κ1) is 26.1. The van der Waals surface area contributed by atoms with E-state index >= 15 is 0 Å². The van der Waals surface area contributed by atoms with E-state index in [1.54, 1.807) is 4.90 Å². The molecule has 192 valence electrons. The average molecular weight is 502 g/mol. The van der Waals surface area contributed by atoms with Gasteiger partial charge >= 0.3 is 5.97 Å². The van der Waals surface area contributed by atoms with Crippen LogP contribution in [-0.4, -0.2) is 27.0 Å². The van der Waals surface area contributed by atoms with Crippen molar-refractivity contribution in [1.29, 1.82) is 0 Å². The number of hydrogen-bond acceptors (Lipinski definition) is 4. The van der Waals surface area contributed by atoms with Gasteiger partial charge in [-0.3, -0.25) is 9.59 Å². The van der Waals surface area contributed by atoms with Crippen LogP contribution < -0.4 is 4.90 Å². The number of esters is 1. The van der Waals surface area contributed by atoms with Crippen LogP contribution in [0.15, 0.2) is 72.8 Å². The van der Waals surface area contributed by atoms with Crippen molar-refractivity contribution in [3.05, 3.63) is 95.6 Å². The number of aromatic nitrogens is 2. The van der Waals surface area contributed by atoms with Gasteiger partial charge < -0.3 is 14.2 Å². The number of aryl methyl sites for hydroxylation is 1. The summed E-state index contributed by atoms with van der Waals surface area (Å²) in [5.74, 6) is -0.179. The minimum atomic E-state index is -0.579. The lowest BCUT2D eigenvalue weighted by Crippen LogP contribution is -2.30. The summed E-state index contributed by atoms with van der Waals surface area (Å²) in [6.07, 6.45) is 1.57.